The van der Waals surface area contributed by atoms with Gasteiger partial charge in [-0.15, -0.1) is 0 Å². The zero-order chi connectivity index (χ0) is 31.1. The van der Waals surface area contributed by atoms with Crippen LogP contribution in [-0.4, -0.2) is 6.92 Å². The van der Waals surface area contributed by atoms with E-state index in [0.717, 1.165) is 11.3 Å². The van der Waals surface area contributed by atoms with Crippen molar-refractivity contribution in [2.45, 2.75) is 52.4 Å². The number of anilines is 3. The number of rotatable bonds is 2. The van der Waals surface area contributed by atoms with E-state index in [1.807, 2.05) is 0 Å². The average molecular weight is 584 g/mol. The van der Waals surface area contributed by atoms with Gasteiger partial charge in [-0.3, -0.25) is 0 Å². The van der Waals surface area contributed by atoms with E-state index in [9.17, 15) is 0 Å². The Balaban J connectivity index is 1.51. The summed E-state index contributed by atoms with van der Waals surface area (Å²) >= 11 is 0. The van der Waals surface area contributed by atoms with Crippen LogP contribution in [0.15, 0.2) is 121 Å². The minimum Gasteiger partial charge on any atom is -0.551 e. The second kappa shape index (κ2) is 9.87. The van der Waals surface area contributed by atoms with E-state index in [1.165, 1.54) is 66.6 Å². The predicted octanol–water partition coefficient (Wildman–Crippen LogP) is 10.1. The zero-order valence-corrected chi connectivity index (χ0v) is 27.0. The van der Waals surface area contributed by atoms with Gasteiger partial charge in [0, 0.05) is 28.1 Å². The van der Waals surface area contributed by atoms with Crippen LogP contribution in [0.1, 0.15) is 52.7 Å². The minimum absolute atomic E-state index is 0.00604. The summed E-state index contributed by atoms with van der Waals surface area (Å²) in [6.07, 6.45) is 0. The number of fused-ring (bicyclic) bond motifs is 5. The Bertz CT molecular complexity index is 2080. The summed E-state index contributed by atoms with van der Waals surface area (Å²) in [6, 6.07) is 44.7. The van der Waals surface area contributed by atoms with Crippen LogP contribution in [0.2, 0.25) is 0 Å². The van der Waals surface area contributed by atoms with Gasteiger partial charge in [-0.05, 0) is 91.3 Å². The highest BCUT2D eigenvalue weighted by Crippen LogP contribution is 2.46. The molecule has 0 saturated carbocycles. The van der Waals surface area contributed by atoms with Crippen molar-refractivity contribution >= 4 is 45.7 Å². The third-order valence-electron chi connectivity index (χ3n) is 9.52. The van der Waals surface area contributed by atoms with Crippen molar-refractivity contribution in [2.24, 2.45) is 0 Å². The Morgan fingerprint density at radius 1 is 0.533 bits per heavy atom. The summed E-state index contributed by atoms with van der Waals surface area (Å²) in [5.41, 5.74) is 13.4. The first-order valence-electron chi connectivity index (χ1n) is 16.0. The van der Waals surface area contributed by atoms with E-state index in [2.05, 4.69) is 168 Å². The van der Waals surface area contributed by atoms with Crippen molar-refractivity contribution in [1.82, 2.24) is 0 Å². The van der Waals surface area contributed by atoms with Crippen LogP contribution in [0.4, 0.5) is 17.1 Å². The Kier molecular flexibility index (Phi) is 6.09. The van der Waals surface area contributed by atoms with Gasteiger partial charge in [-0.1, -0.05) is 126 Å². The molecule has 2 nitrogen and oxygen atoms in total. The lowest BCUT2D eigenvalue weighted by Crippen LogP contribution is -2.56. The van der Waals surface area contributed by atoms with Crippen molar-refractivity contribution in [2.75, 3.05) is 4.90 Å². The molecule has 220 valence electrons. The number of benzene rings is 6. The summed E-state index contributed by atoms with van der Waals surface area (Å²) in [6.45, 7) is 13.7. The van der Waals surface area contributed by atoms with Crippen LogP contribution in [-0.2, 0) is 10.8 Å². The number of hydrogen-bond acceptors (Lipinski definition) is 2. The highest BCUT2D eigenvalue weighted by Gasteiger charge is 2.43. The van der Waals surface area contributed by atoms with Gasteiger partial charge in [0.25, 0.3) is 0 Å². The average Bonchev–Trinajstić information content (AvgIpc) is 3.03. The van der Waals surface area contributed by atoms with Crippen molar-refractivity contribution in [1.29, 1.82) is 0 Å². The molecule has 0 spiro atoms. The maximum Gasteiger partial charge on any atom is 0.431 e. The lowest BCUT2D eigenvalue weighted by atomic mass is 9.49. The third-order valence-corrected chi connectivity index (χ3v) is 9.52. The highest BCUT2D eigenvalue weighted by molar-refractivity contribution is 6.85. The molecule has 0 unspecified atom stereocenters. The molecular weight excluding hydrogens is 545 g/mol. The number of hydrogen-bond donors (Lipinski definition) is 0. The fraction of sp³-hybridized carbons (Fsp3) is 0.190. The molecule has 6 aromatic carbocycles. The van der Waals surface area contributed by atoms with Crippen molar-refractivity contribution < 1.29 is 4.65 Å². The van der Waals surface area contributed by atoms with Gasteiger partial charge in [0.15, 0.2) is 0 Å². The number of para-hydroxylation sites is 1. The zero-order valence-electron chi connectivity index (χ0n) is 27.0. The Morgan fingerprint density at radius 3 is 1.84 bits per heavy atom. The fourth-order valence-corrected chi connectivity index (χ4v) is 6.98. The molecule has 2 heterocycles. The van der Waals surface area contributed by atoms with Crippen LogP contribution in [0.5, 0.6) is 5.75 Å². The fourth-order valence-electron chi connectivity index (χ4n) is 6.98. The molecule has 45 heavy (non-hydrogen) atoms. The molecule has 0 atom stereocenters. The second-order valence-corrected chi connectivity index (χ2v) is 14.7. The van der Waals surface area contributed by atoms with Crippen LogP contribution in [0.3, 0.4) is 0 Å². The molecule has 0 bridgehead atoms. The molecule has 8 rings (SSSR count). The lowest BCUT2D eigenvalue weighted by Gasteiger charge is -2.41. The molecule has 0 amide bonds. The molecule has 2 aliphatic heterocycles. The lowest BCUT2D eigenvalue weighted by molar-refractivity contribution is 0.568. The van der Waals surface area contributed by atoms with E-state index in [1.54, 1.807) is 0 Å². The standard InChI is InChI=1S/C42H38BNO/c1-41(2,3)31-24-32(42(4,5)6)26-33(25-31)44-37-22-29-17-11-10-16-28(29)21-36(37)43-40-35(34-18-12-13-19-39(34)45-43)20-30(23-38(40)44)27-14-8-7-9-15-27/h7-26H,1-6H3. The smallest absolute Gasteiger partial charge is 0.431 e. The molecule has 0 aromatic heterocycles. The summed E-state index contributed by atoms with van der Waals surface area (Å²) in [4.78, 5) is 2.52. The largest absolute Gasteiger partial charge is 0.551 e. The van der Waals surface area contributed by atoms with E-state index in [0.29, 0.717) is 0 Å². The topological polar surface area (TPSA) is 12.5 Å². The predicted molar refractivity (Wildman–Crippen MR) is 193 cm³/mol. The maximum absolute atomic E-state index is 6.97. The summed E-state index contributed by atoms with van der Waals surface area (Å²) in [5, 5.41) is 2.45. The molecule has 2 aliphatic rings. The molecule has 6 aromatic rings. The van der Waals surface area contributed by atoms with Gasteiger partial charge in [-0.25, -0.2) is 0 Å². The van der Waals surface area contributed by atoms with E-state index >= 15 is 0 Å². The Morgan fingerprint density at radius 2 is 1.16 bits per heavy atom. The summed E-state index contributed by atoms with van der Waals surface area (Å²) in [5.74, 6) is 0.934. The Labute approximate surface area is 267 Å². The second-order valence-electron chi connectivity index (χ2n) is 14.7. The van der Waals surface area contributed by atoms with Crippen LogP contribution in [0, 0.1) is 0 Å². The van der Waals surface area contributed by atoms with Crippen LogP contribution in [0.25, 0.3) is 33.0 Å². The highest BCUT2D eigenvalue weighted by atomic mass is 16.4. The molecule has 0 N–H and O–H groups in total. The van der Waals surface area contributed by atoms with Gasteiger partial charge in [-0.2, -0.15) is 0 Å². The van der Waals surface area contributed by atoms with Gasteiger partial charge in [0.05, 0.1) is 0 Å². The van der Waals surface area contributed by atoms with Gasteiger partial charge < -0.3 is 9.55 Å². The summed E-state index contributed by atoms with van der Waals surface area (Å²) in [7, 11) is 0. The van der Waals surface area contributed by atoms with E-state index < -0.39 is 0 Å². The summed E-state index contributed by atoms with van der Waals surface area (Å²) < 4.78 is 6.97. The molecule has 0 aliphatic carbocycles. The minimum atomic E-state index is -0.210. The first-order valence-corrected chi connectivity index (χ1v) is 16.0. The Hall–Kier alpha value is -4.76. The quantitative estimate of drug-likeness (QED) is 0.188. The van der Waals surface area contributed by atoms with Gasteiger partial charge in [0.2, 0.25) is 0 Å². The molecule has 0 fully saturated rings. The normalized spacial score (nSPS) is 13.6. The number of nitrogens with zero attached hydrogens (tertiary/aromatic N) is 1. The van der Waals surface area contributed by atoms with Crippen molar-refractivity contribution in [3.63, 3.8) is 0 Å². The van der Waals surface area contributed by atoms with E-state index in [-0.39, 0.29) is 17.7 Å². The molecule has 3 heteroatoms. The van der Waals surface area contributed by atoms with Gasteiger partial charge in [0.1, 0.15) is 5.75 Å². The van der Waals surface area contributed by atoms with Crippen molar-refractivity contribution in [3.05, 3.63) is 132 Å². The first kappa shape index (κ1) is 27.8. The molecular formula is C42H38BNO. The van der Waals surface area contributed by atoms with Gasteiger partial charge >= 0.3 is 6.92 Å². The van der Waals surface area contributed by atoms with Crippen LogP contribution >= 0.6 is 0 Å². The molecule has 0 radical (unpaired) electrons. The van der Waals surface area contributed by atoms with Crippen LogP contribution < -0.4 is 20.5 Å². The monoisotopic (exact) mass is 583 g/mol. The first-order chi connectivity index (χ1) is 21.6. The van der Waals surface area contributed by atoms with Crippen molar-refractivity contribution in [3.8, 4) is 28.0 Å². The SMILES string of the molecule is CC(C)(C)c1cc(N2c3cc4ccccc4cc3B3Oc4ccccc4-c4cc(-c5ccccc5)cc2c43)cc(C(C)(C)C)c1. The molecule has 0 saturated heterocycles. The third kappa shape index (κ3) is 4.56. The van der Waals surface area contributed by atoms with E-state index in [4.69, 9.17) is 4.65 Å². The maximum atomic E-state index is 6.97.